The molecule has 0 aromatic heterocycles. The van der Waals surface area contributed by atoms with Crippen LogP contribution in [0.2, 0.25) is 5.02 Å². The van der Waals surface area contributed by atoms with Gasteiger partial charge in [-0.25, -0.2) is 4.39 Å². The van der Waals surface area contributed by atoms with Crippen molar-refractivity contribution in [3.63, 3.8) is 0 Å². The Balaban J connectivity index is 2.66. The standard InChI is InChI=1S/C15H23ClFN/c1-15(2,3)9-5-6-14(18-4)12-8-7-11(16)10-13(12)17/h7-8,10,14,18H,5-6,9H2,1-4H3. The maximum absolute atomic E-state index is 13.8. The highest BCUT2D eigenvalue weighted by Gasteiger charge is 2.16. The zero-order chi connectivity index (χ0) is 13.8. The summed E-state index contributed by atoms with van der Waals surface area (Å²) in [4.78, 5) is 0. The summed E-state index contributed by atoms with van der Waals surface area (Å²) in [6, 6.07) is 4.96. The molecule has 0 radical (unpaired) electrons. The summed E-state index contributed by atoms with van der Waals surface area (Å²) < 4.78 is 13.8. The molecule has 0 fully saturated rings. The van der Waals surface area contributed by atoms with Crippen molar-refractivity contribution in [1.29, 1.82) is 0 Å². The molecule has 1 atom stereocenters. The van der Waals surface area contributed by atoms with E-state index >= 15 is 0 Å². The number of nitrogens with one attached hydrogen (secondary N) is 1. The van der Waals surface area contributed by atoms with E-state index in [0.29, 0.717) is 16.0 Å². The van der Waals surface area contributed by atoms with E-state index in [4.69, 9.17) is 11.6 Å². The summed E-state index contributed by atoms with van der Waals surface area (Å²) in [6.45, 7) is 6.68. The molecule has 0 bridgehead atoms. The maximum atomic E-state index is 13.8. The fourth-order valence-corrected chi connectivity index (χ4v) is 2.23. The van der Waals surface area contributed by atoms with Crippen molar-refractivity contribution in [2.75, 3.05) is 7.05 Å². The van der Waals surface area contributed by atoms with Crippen molar-refractivity contribution in [3.05, 3.63) is 34.6 Å². The second kappa shape index (κ2) is 6.53. The molecule has 0 aliphatic rings. The van der Waals surface area contributed by atoms with Crippen LogP contribution in [0.25, 0.3) is 0 Å². The topological polar surface area (TPSA) is 12.0 Å². The lowest BCUT2D eigenvalue weighted by Gasteiger charge is -2.21. The lowest BCUT2D eigenvalue weighted by atomic mass is 9.88. The van der Waals surface area contributed by atoms with Gasteiger partial charge >= 0.3 is 0 Å². The maximum Gasteiger partial charge on any atom is 0.129 e. The molecule has 3 heteroatoms. The van der Waals surface area contributed by atoms with Gasteiger partial charge in [0.15, 0.2) is 0 Å². The highest BCUT2D eigenvalue weighted by Crippen LogP contribution is 2.28. The molecule has 0 amide bonds. The second-order valence-corrected chi connectivity index (χ2v) is 6.40. The van der Waals surface area contributed by atoms with Crippen LogP contribution in [0.1, 0.15) is 51.6 Å². The fraction of sp³-hybridized carbons (Fsp3) is 0.600. The molecule has 0 aliphatic heterocycles. The highest BCUT2D eigenvalue weighted by atomic mass is 35.5. The van der Waals surface area contributed by atoms with E-state index in [-0.39, 0.29) is 11.9 Å². The molecule has 1 nitrogen and oxygen atoms in total. The number of hydrogen-bond acceptors (Lipinski definition) is 1. The first-order chi connectivity index (χ1) is 8.33. The van der Waals surface area contributed by atoms with Crippen LogP contribution in [0.5, 0.6) is 0 Å². The molecule has 1 rings (SSSR count). The molecule has 102 valence electrons. The van der Waals surface area contributed by atoms with Crippen molar-refractivity contribution >= 4 is 11.6 Å². The van der Waals surface area contributed by atoms with Gasteiger partial charge in [0.1, 0.15) is 5.82 Å². The molecule has 0 saturated carbocycles. The lowest BCUT2D eigenvalue weighted by Crippen LogP contribution is -2.18. The Morgan fingerprint density at radius 1 is 1.33 bits per heavy atom. The molecular weight excluding hydrogens is 249 g/mol. The van der Waals surface area contributed by atoms with Gasteiger partial charge < -0.3 is 5.32 Å². The van der Waals surface area contributed by atoms with Gasteiger partial charge in [0.25, 0.3) is 0 Å². The van der Waals surface area contributed by atoms with Crippen LogP contribution in [0, 0.1) is 11.2 Å². The van der Waals surface area contributed by atoms with Crippen LogP contribution >= 0.6 is 11.6 Å². The van der Waals surface area contributed by atoms with Crippen molar-refractivity contribution in [3.8, 4) is 0 Å². The monoisotopic (exact) mass is 271 g/mol. The van der Waals surface area contributed by atoms with E-state index in [1.807, 2.05) is 7.05 Å². The molecular formula is C15H23ClFN. The zero-order valence-corrected chi connectivity index (χ0v) is 12.4. The number of hydrogen-bond donors (Lipinski definition) is 1. The van der Waals surface area contributed by atoms with Gasteiger partial charge in [-0.15, -0.1) is 0 Å². The average Bonchev–Trinajstić information content (AvgIpc) is 2.24. The second-order valence-electron chi connectivity index (χ2n) is 5.96. The van der Waals surface area contributed by atoms with Crippen LogP contribution in [0.15, 0.2) is 18.2 Å². The van der Waals surface area contributed by atoms with E-state index < -0.39 is 0 Å². The number of rotatable bonds is 5. The third kappa shape index (κ3) is 4.95. The summed E-state index contributed by atoms with van der Waals surface area (Å²) in [6.07, 6.45) is 3.16. The molecule has 18 heavy (non-hydrogen) atoms. The smallest absolute Gasteiger partial charge is 0.129 e. The summed E-state index contributed by atoms with van der Waals surface area (Å²) in [7, 11) is 1.87. The minimum absolute atomic E-state index is 0.0598. The van der Waals surface area contributed by atoms with Gasteiger partial charge in [-0.3, -0.25) is 0 Å². The first-order valence-electron chi connectivity index (χ1n) is 6.46. The Hall–Kier alpha value is -0.600. The summed E-state index contributed by atoms with van der Waals surface area (Å²) in [5.74, 6) is -0.224. The predicted molar refractivity (Wildman–Crippen MR) is 76.5 cm³/mol. The zero-order valence-electron chi connectivity index (χ0n) is 11.7. The molecule has 1 aromatic carbocycles. The Bertz CT molecular complexity index is 385. The molecule has 1 N–H and O–H groups in total. The molecule has 0 heterocycles. The van der Waals surface area contributed by atoms with Gasteiger partial charge in [0, 0.05) is 16.6 Å². The van der Waals surface area contributed by atoms with Crippen molar-refractivity contribution in [2.24, 2.45) is 5.41 Å². The Labute approximate surface area is 115 Å². The first-order valence-corrected chi connectivity index (χ1v) is 6.83. The van der Waals surface area contributed by atoms with E-state index in [9.17, 15) is 4.39 Å². The summed E-state index contributed by atoms with van der Waals surface area (Å²) >= 11 is 5.77. The number of benzene rings is 1. The third-order valence-electron chi connectivity index (χ3n) is 3.11. The Kier molecular flexibility index (Phi) is 5.61. The van der Waals surface area contributed by atoms with Crippen molar-refractivity contribution < 1.29 is 4.39 Å². The summed E-state index contributed by atoms with van der Waals surface area (Å²) in [5.41, 5.74) is 1.03. The molecule has 0 aliphatic carbocycles. The van der Waals surface area contributed by atoms with Gasteiger partial charge in [-0.05, 0) is 37.4 Å². The fourth-order valence-electron chi connectivity index (χ4n) is 2.08. The summed E-state index contributed by atoms with van der Waals surface area (Å²) in [5, 5.41) is 3.63. The minimum Gasteiger partial charge on any atom is -0.313 e. The first kappa shape index (κ1) is 15.5. The molecule has 1 aromatic rings. The Morgan fingerprint density at radius 2 is 2.00 bits per heavy atom. The lowest BCUT2D eigenvalue weighted by molar-refractivity contribution is 0.345. The Morgan fingerprint density at radius 3 is 2.50 bits per heavy atom. The van der Waals surface area contributed by atoms with E-state index in [2.05, 4.69) is 26.1 Å². The average molecular weight is 272 g/mol. The quantitative estimate of drug-likeness (QED) is 0.798. The SMILES string of the molecule is CNC(CCCC(C)(C)C)c1ccc(Cl)cc1F. The van der Waals surface area contributed by atoms with E-state index in [1.165, 1.54) is 6.07 Å². The van der Waals surface area contributed by atoms with Gasteiger partial charge in [0.05, 0.1) is 0 Å². The predicted octanol–water partition coefficient (Wildman–Crippen LogP) is 4.96. The molecule has 1 unspecified atom stereocenters. The molecule has 0 saturated heterocycles. The third-order valence-corrected chi connectivity index (χ3v) is 3.34. The van der Waals surface area contributed by atoms with Crippen LogP contribution < -0.4 is 5.32 Å². The number of halogens is 2. The highest BCUT2D eigenvalue weighted by molar-refractivity contribution is 6.30. The minimum atomic E-state index is -0.224. The van der Waals surface area contributed by atoms with Gasteiger partial charge in [-0.1, -0.05) is 44.9 Å². The normalized spacial score (nSPS) is 13.7. The van der Waals surface area contributed by atoms with E-state index in [0.717, 1.165) is 19.3 Å². The largest absolute Gasteiger partial charge is 0.313 e. The van der Waals surface area contributed by atoms with Crippen molar-refractivity contribution in [2.45, 2.75) is 46.1 Å². The van der Waals surface area contributed by atoms with Crippen LogP contribution in [0.4, 0.5) is 4.39 Å². The van der Waals surface area contributed by atoms with E-state index in [1.54, 1.807) is 12.1 Å². The molecule has 0 spiro atoms. The van der Waals surface area contributed by atoms with Gasteiger partial charge in [-0.2, -0.15) is 0 Å². The van der Waals surface area contributed by atoms with Crippen LogP contribution in [0.3, 0.4) is 0 Å². The van der Waals surface area contributed by atoms with Crippen LogP contribution in [-0.4, -0.2) is 7.05 Å². The van der Waals surface area contributed by atoms with Gasteiger partial charge in [0.2, 0.25) is 0 Å². The van der Waals surface area contributed by atoms with Crippen molar-refractivity contribution in [1.82, 2.24) is 5.32 Å². The van der Waals surface area contributed by atoms with Crippen LogP contribution in [-0.2, 0) is 0 Å².